The second-order valence-corrected chi connectivity index (χ2v) is 8.34. The van der Waals surface area contributed by atoms with Gasteiger partial charge in [-0.05, 0) is 56.2 Å². The fraction of sp³-hybridized carbons (Fsp3) is 0.208. The Labute approximate surface area is 184 Å². The summed E-state index contributed by atoms with van der Waals surface area (Å²) < 4.78 is 7.37. The van der Waals surface area contributed by atoms with Gasteiger partial charge in [-0.2, -0.15) is 5.26 Å². The van der Waals surface area contributed by atoms with Crippen LogP contribution in [0, 0.1) is 32.1 Å². The molecule has 4 rings (SSSR count). The van der Waals surface area contributed by atoms with Gasteiger partial charge < -0.3 is 14.3 Å². The van der Waals surface area contributed by atoms with Crippen LogP contribution in [0.3, 0.4) is 0 Å². The third-order valence-electron chi connectivity index (χ3n) is 5.34. The van der Waals surface area contributed by atoms with Gasteiger partial charge in [0.25, 0.3) is 0 Å². The molecule has 1 amide bonds. The van der Waals surface area contributed by atoms with Crippen LogP contribution in [0.5, 0.6) is 0 Å². The first-order valence-corrected chi connectivity index (χ1v) is 10.9. The number of aromatic nitrogens is 2. The third-order valence-corrected chi connectivity index (χ3v) is 6.26. The second kappa shape index (κ2) is 8.70. The van der Waals surface area contributed by atoms with Crippen LogP contribution in [0.15, 0.2) is 58.2 Å². The molecule has 0 fully saturated rings. The van der Waals surface area contributed by atoms with E-state index in [0.29, 0.717) is 17.9 Å². The second-order valence-electron chi connectivity index (χ2n) is 7.34. The predicted molar refractivity (Wildman–Crippen MR) is 122 cm³/mol. The van der Waals surface area contributed by atoms with E-state index in [9.17, 15) is 10.1 Å². The van der Waals surface area contributed by atoms with Crippen LogP contribution in [0.25, 0.3) is 10.9 Å². The van der Waals surface area contributed by atoms with Gasteiger partial charge in [0.15, 0.2) is 0 Å². The molecule has 0 spiro atoms. The highest BCUT2D eigenvalue weighted by atomic mass is 32.2. The first kappa shape index (κ1) is 20.8. The number of benzene rings is 1. The lowest BCUT2D eigenvalue weighted by Gasteiger charge is -2.12. The zero-order chi connectivity index (χ0) is 22.0. The summed E-state index contributed by atoms with van der Waals surface area (Å²) in [4.78, 5) is 17.4. The molecule has 0 saturated carbocycles. The van der Waals surface area contributed by atoms with Gasteiger partial charge >= 0.3 is 0 Å². The van der Waals surface area contributed by atoms with E-state index in [1.54, 1.807) is 6.26 Å². The summed E-state index contributed by atoms with van der Waals surface area (Å²) in [5, 5.41) is 14.5. The van der Waals surface area contributed by atoms with E-state index in [-0.39, 0.29) is 11.7 Å². The SMILES string of the molecule is Cc1c(C#N)c(NC(=O)CSc2cc(C)c3ccccc3n2)n(Cc2ccco2)c1C. The lowest BCUT2D eigenvalue weighted by molar-refractivity contribution is -0.113. The smallest absolute Gasteiger partial charge is 0.235 e. The van der Waals surface area contributed by atoms with Gasteiger partial charge in [0.2, 0.25) is 5.91 Å². The molecule has 6 nitrogen and oxygen atoms in total. The minimum atomic E-state index is -0.188. The van der Waals surface area contributed by atoms with Crippen LogP contribution in [-0.2, 0) is 11.3 Å². The van der Waals surface area contributed by atoms with Gasteiger partial charge in [0.05, 0.1) is 34.7 Å². The summed E-state index contributed by atoms with van der Waals surface area (Å²) in [5.74, 6) is 1.26. The first-order chi connectivity index (χ1) is 15.0. The number of amides is 1. The highest BCUT2D eigenvalue weighted by Crippen LogP contribution is 2.28. The first-order valence-electron chi connectivity index (χ1n) is 9.89. The van der Waals surface area contributed by atoms with Crippen molar-refractivity contribution < 1.29 is 9.21 Å². The maximum absolute atomic E-state index is 12.8. The lowest BCUT2D eigenvalue weighted by Crippen LogP contribution is -2.18. The molecule has 7 heteroatoms. The molecule has 3 aromatic heterocycles. The van der Waals surface area contributed by atoms with E-state index in [1.807, 2.05) is 67.8 Å². The van der Waals surface area contributed by atoms with Gasteiger partial charge in [-0.15, -0.1) is 0 Å². The zero-order valence-corrected chi connectivity index (χ0v) is 18.4. The minimum Gasteiger partial charge on any atom is -0.467 e. The van der Waals surface area contributed by atoms with Crippen molar-refractivity contribution in [2.75, 3.05) is 11.1 Å². The molecule has 4 aromatic rings. The van der Waals surface area contributed by atoms with E-state index < -0.39 is 0 Å². The molecule has 31 heavy (non-hydrogen) atoms. The number of para-hydroxylation sites is 1. The Kier molecular flexibility index (Phi) is 5.83. The van der Waals surface area contributed by atoms with E-state index in [2.05, 4.69) is 16.4 Å². The molecule has 0 radical (unpaired) electrons. The summed E-state index contributed by atoms with van der Waals surface area (Å²) in [7, 11) is 0. The van der Waals surface area contributed by atoms with Crippen LogP contribution in [-0.4, -0.2) is 21.2 Å². The van der Waals surface area contributed by atoms with Gasteiger partial charge in [0.1, 0.15) is 17.6 Å². The Morgan fingerprint density at radius 1 is 1.23 bits per heavy atom. The van der Waals surface area contributed by atoms with E-state index in [4.69, 9.17) is 4.42 Å². The Morgan fingerprint density at radius 3 is 2.77 bits per heavy atom. The highest BCUT2D eigenvalue weighted by molar-refractivity contribution is 7.99. The van der Waals surface area contributed by atoms with E-state index >= 15 is 0 Å². The van der Waals surface area contributed by atoms with Crippen molar-refractivity contribution in [3.05, 3.63) is 76.9 Å². The van der Waals surface area contributed by atoms with Gasteiger partial charge in [-0.1, -0.05) is 30.0 Å². The summed E-state index contributed by atoms with van der Waals surface area (Å²) >= 11 is 1.38. The number of aryl methyl sites for hydroxylation is 1. The number of furan rings is 1. The number of hydrogen-bond acceptors (Lipinski definition) is 5. The molecule has 0 atom stereocenters. The molecule has 0 aliphatic heterocycles. The van der Waals surface area contributed by atoms with Crippen molar-refractivity contribution in [3.63, 3.8) is 0 Å². The fourth-order valence-corrected chi connectivity index (χ4v) is 4.36. The molecular weight excluding hydrogens is 408 g/mol. The fourth-order valence-electron chi connectivity index (χ4n) is 3.59. The summed E-state index contributed by atoms with van der Waals surface area (Å²) in [6.07, 6.45) is 1.61. The Balaban J connectivity index is 1.53. The number of carbonyl (C=O) groups excluding carboxylic acids is 1. The number of nitriles is 1. The summed E-state index contributed by atoms with van der Waals surface area (Å²) in [5.41, 5.74) is 4.28. The van der Waals surface area contributed by atoms with Crippen molar-refractivity contribution in [2.45, 2.75) is 32.3 Å². The molecule has 1 N–H and O–H groups in total. The summed E-state index contributed by atoms with van der Waals surface area (Å²) in [6.45, 7) is 6.31. The van der Waals surface area contributed by atoms with Crippen molar-refractivity contribution in [3.8, 4) is 6.07 Å². The zero-order valence-electron chi connectivity index (χ0n) is 17.6. The molecule has 0 aliphatic rings. The van der Waals surface area contributed by atoms with Crippen LogP contribution in [0.1, 0.15) is 28.1 Å². The molecule has 156 valence electrons. The lowest BCUT2D eigenvalue weighted by atomic mass is 10.1. The van der Waals surface area contributed by atoms with Crippen molar-refractivity contribution in [1.29, 1.82) is 5.26 Å². The van der Waals surface area contributed by atoms with Crippen molar-refractivity contribution >= 4 is 34.4 Å². The molecule has 3 heterocycles. The quantitative estimate of drug-likeness (QED) is 0.425. The standard InChI is InChI=1S/C24H22N4O2S/c1-15-11-23(26-21-9-5-4-8-19(15)21)31-14-22(29)27-24-20(12-25)16(2)17(3)28(24)13-18-7-6-10-30-18/h4-11H,13-14H2,1-3H3,(H,27,29). The number of anilines is 1. The molecule has 0 saturated heterocycles. The monoisotopic (exact) mass is 430 g/mol. The maximum atomic E-state index is 12.8. The molecular formula is C24H22N4O2S. The van der Waals surface area contributed by atoms with Gasteiger partial charge in [-0.3, -0.25) is 4.79 Å². The average molecular weight is 431 g/mol. The topological polar surface area (TPSA) is 83.9 Å². The number of fused-ring (bicyclic) bond motifs is 1. The van der Waals surface area contributed by atoms with Gasteiger partial charge in [-0.25, -0.2) is 4.98 Å². The Hall–Kier alpha value is -3.50. The van der Waals surface area contributed by atoms with Crippen LogP contribution in [0.2, 0.25) is 0 Å². The molecule has 0 unspecified atom stereocenters. The van der Waals surface area contributed by atoms with E-state index in [1.165, 1.54) is 11.8 Å². The number of nitrogens with zero attached hydrogens (tertiary/aromatic N) is 3. The number of thioether (sulfide) groups is 1. The molecule has 0 bridgehead atoms. The third kappa shape index (κ3) is 4.21. The number of pyridine rings is 1. The number of nitrogens with one attached hydrogen (secondary N) is 1. The summed E-state index contributed by atoms with van der Waals surface area (Å²) in [6, 6.07) is 15.9. The predicted octanol–water partition coefficient (Wildman–Crippen LogP) is 5.21. The van der Waals surface area contributed by atoms with Crippen LogP contribution < -0.4 is 5.32 Å². The number of hydrogen-bond donors (Lipinski definition) is 1. The molecule has 0 aliphatic carbocycles. The number of carbonyl (C=O) groups is 1. The number of rotatable bonds is 6. The van der Waals surface area contributed by atoms with Gasteiger partial charge in [0, 0.05) is 11.1 Å². The maximum Gasteiger partial charge on any atom is 0.235 e. The average Bonchev–Trinajstić information content (AvgIpc) is 3.35. The Morgan fingerprint density at radius 2 is 2.03 bits per heavy atom. The van der Waals surface area contributed by atoms with E-state index in [0.717, 1.165) is 38.5 Å². The largest absolute Gasteiger partial charge is 0.467 e. The molecule has 1 aromatic carbocycles. The Bertz CT molecular complexity index is 1300. The normalized spacial score (nSPS) is 10.9. The highest BCUT2D eigenvalue weighted by Gasteiger charge is 2.20. The van der Waals surface area contributed by atoms with Crippen molar-refractivity contribution in [1.82, 2.24) is 9.55 Å². The minimum absolute atomic E-state index is 0.188. The van der Waals surface area contributed by atoms with Crippen LogP contribution >= 0.6 is 11.8 Å². The van der Waals surface area contributed by atoms with Crippen molar-refractivity contribution in [2.24, 2.45) is 0 Å². The van der Waals surface area contributed by atoms with Crippen LogP contribution in [0.4, 0.5) is 5.82 Å².